The third-order valence-corrected chi connectivity index (χ3v) is 2.26. The van der Waals surface area contributed by atoms with E-state index in [4.69, 9.17) is 0 Å². The summed E-state index contributed by atoms with van der Waals surface area (Å²) in [6, 6.07) is 5.95. The van der Waals surface area contributed by atoms with Gasteiger partial charge in [0.15, 0.2) is 5.78 Å². The van der Waals surface area contributed by atoms with E-state index in [1.54, 1.807) is 0 Å². The van der Waals surface area contributed by atoms with Crippen LogP contribution >= 0.6 is 12.6 Å². The average Bonchev–Trinajstić information content (AvgIpc) is 2.09. The summed E-state index contributed by atoms with van der Waals surface area (Å²) >= 11 is 4.05. The topological polar surface area (TPSA) is 17.1 Å². The molecule has 0 aliphatic rings. The van der Waals surface area contributed by atoms with Crippen LogP contribution in [0.25, 0.3) is 0 Å². The second-order valence-corrected chi connectivity index (χ2v) is 3.66. The molecule has 1 nitrogen and oxygen atoms in total. The second kappa shape index (κ2) is 4.47. The van der Waals surface area contributed by atoms with Gasteiger partial charge in [0.25, 0.3) is 0 Å². The molecule has 0 aliphatic heterocycles. The quantitative estimate of drug-likeness (QED) is 0.578. The van der Waals surface area contributed by atoms with E-state index in [9.17, 15) is 4.79 Å². The highest BCUT2D eigenvalue weighted by Gasteiger charge is 2.07. The van der Waals surface area contributed by atoms with Crippen LogP contribution in [0.3, 0.4) is 0 Å². The van der Waals surface area contributed by atoms with E-state index in [1.165, 1.54) is 0 Å². The molecule has 0 bridgehead atoms. The van der Waals surface area contributed by atoms with E-state index in [1.807, 2.05) is 32.0 Å². The van der Waals surface area contributed by atoms with Gasteiger partial charge in [-0.05, 0) is 31.2 Å². The van der Waals surface area contributed by atoms with E-state index in [0.29, 0.717) is 12.2 Å². The van der Waals surface area contributed by atoms with Gasteiger partial charge in [-0.2, -0.15) is 12.6 Å². The first-order valence-electron chi connectivity index (χ1n) is 4.36. The van der Waals surface area contributed by atoms with Crippen molar-refractivity contribution in [3.05, 3.63) is 34.9 Å². The van der Waals surface area contributed by atoms with E-state index in [-0.39, 0.29) is 5.78 Å². The summed E-state index contributed by atoms with van der Waals surface area (Å²) in [7, 11) is 0. The number of carbonyl (C=O) groups excluding carboxylic acids is 1. The van der Waals surface area contributed by atoms with Gasteiger partial charge in [0, 0.05) is 12.0 Å². The van der Waals surface area contributed by atoms with Crippen molar-refractivity contribution in [2.45, 2.75) is 20.3 Å². The summed E-state index contributed by atoms with van der Waals surface area (Å²) in [5, 5.41) is 0. The monoisotopic (exact) mass is 194 g/mol. The Bertz CT molecular complexity index is 318. The average molecular weight is 194 g/mol. The Hall–Kier alpha value is -0.760. The molecule has 0 spiro atoms. The maximum absolute atomic E-state index is 11.6. The zero-order chi connectivity index (χ0) is 9.84. The number of carbonyl (C=O) groups is 1. The lowest BCUT2D eigenvalue weighted by atomic mass is 10.0. The van der Waals surface area contributed by atoms with E-state index in [0.717, 1.165) is 16.7 Å². The smallest absolute Gasteiger partial charge is 0.163 e. The number of benzene rings is 1. The van der Waals surface area contributed by atoms with Crippen LogP contribution in [0.4, 0.5) is 0 Å². The molecule has 0 fully saturated rings. The molecule has 0 atom stereocenters. The van der Waals surface area contributed by atoms with Crippen molar-refractivity contribution in [1.29, 1.82) is 0 Å². The fourth-order valence-electron chi connectivity index (χ4n) is 1.27. The minimum absolute atomic E-state index is 0.191. The van der Waals surface area contributed by atoms with Crippen molar-refractivity contribution >= 4 is 18.4 Å². The van der Waals surface area contributed by atoms with Crippen molar-refractivity contribution in [2.75, 3.05) is 5.75 Å². The Morgan fingerprint density at radius 2 is 2.08 bits per heavy atom. The first-order chi connectivity index (χ1) is 6.15. The highest BCUT2D eigenvalue weighted by atomic mass is 32.1. The molecular formula is C11H14OS. The Labute approximate surface area is 84.6 Å². The lowest BCUT2D eigenvalue weighted by molar-refractivity contribution is 0.0989. The van der Waals surface area contributed by atoms with Gasteiger partial charge in [-0.15, -0.1) is 0 Å². The molecule has 1 rings (SSSR count). The van der Waals surface area contributed by atoms with Crippen LogP contribution < -0.4 is 0 Å². The number of ketones is 1. The van der Waals surface area contributed by atoms with Gasteiger partial charge in [0.2, 0.25) is 0 Å². The van der Waals surface area contributed by atoms with Gasteiger partial charge in [0.1, 0.15) is 0 Å². The minimum Gasteiger partial charge on any atom is -0.294 e. The second-order valence-electron chi connectivity index (χ2n) is 3.22. The summed E-state index contributed by atoms with van der Waals surface area (Å²) in [6.45, 7) is 3.96. The first-order valence-corrected chi connectivity index (χ1v) is 4.99. The van der Waals surface area contributed by atoms with Crippen LogP contribution in [0.2, 0.25) is 0 Å². The minimum atomic E-state index is 0.191. The molecule has 13 heavy (non-hydrogen) atoms. The van der Waals surface area contributed by atoms with Crippen molar-refractivity contribution in [3.8, 4) is 0 Å². The van der Waals surface area contributed by atoms with Gasteiger partial charge < -0.3 is 0 Å². The van der Waals surface area contributed by atoms with Crippen molar-refractivity contribution in [1.82, 2.24) is 0 Å². The van der Waals surface area contributed by atoms with Gasteiger partial charge in [-0.1, -0.05) is 17.7 Å². The summed E-state index contributed by atoms with van der Waals surface area (Å²) < 4.78 is 0. The van der Waals surface area contributed by atoms with Gasteiger partial charge >= 0.3 is 0 Å². The fourth-order valence-corrected chi connectivity index (χ4v) is 1.48. The third kappa shape index (κ3) is 2.59. The molecule has 1 aromatic rings. The van der Waals surface area contributed by atoms with Crippen molar-refractivity contribution < 1.29 is 4.79 Å². The largest absolute Gasteiger partial charge is 0.294 e. The molecule has 0 saturated carbocycles. The lowest BCUT2D eigenvalue weighted by Crippen LogP contribution is -2.02. The highest BCUT2D eigenvalue weighted by Crippen LogP contribution is 2.12. The SMILES string of the molecule is Cc1ccc(C)c(C(=O)CCS)c1. The molecule has 0 amide bonds. The number of Topliss-reactive ketones (excluding diaryl/α,β-unsaturated/α-hetero) is 1. The zero-order valence-corrected chi connectivity index (χ0v) is 8.90. The molecule has 0 heterocycles. The number of thiol groups is 1. The number of rotatable bonds is 3. The molecule has 0 saturated heterocycles. The van der Waals surface area contributed by atoms with E-state index < -0.39 is 0 Å². The fraction of sp³-hybridized carbons (Fsp3) is 0.364. The summed E-state index contributed by atoms with van der Waals surface area (Å²) in [4.78, 5) is 11.6. The molecule has 0 unspecified atom stereocenters. The zero-order valence-electron chi connectivity index (χ0n) is 8.00. The molecule has 0 aromatic heterocycles. The van der Waals surface area contributed by atoms with Crippen LogP contribution in [0, 0.1) is 13.8 Å². The van der Waals surface area contributed by atoms with Crippen LogP contribution in [0.5, 0.6) is 0 Å². The van der Waals surface area contributed by atoms with E-state index in [2.05, 4.69) is 12.6 Å². The van der Waals surface area contributed by atoms with Crippen LogP contribution in [-0.4, -0.2) is 11.5 Å². The predicted octanol–water partition coefficient (Wildman–Crippen LogP) is 2.81. The molecule has 1 aromatic carbocycles. The van der Waals surface area contributed by atoms with Gasteiger partial charge in [0.05, 0.1) is 0 Å². The van der Waals surface area contributed by atoms with Crippen LogP contribution in [-0.2, 0) is 0 Å². The van der Waals surface area contributed by atoms with E-state index >= 15 is 0 Å². The molecule has 0 radical (unpaired) electrons. The summed E-state index contributed by atoms with van der Waals surface area (Å²) in [5.41, 5.74) is 3.03. The van der Waals surface area contributed by atoms with Crippen LogP contribution in [0.1, 0.15) is 27.9 Å². The maximum atomic E-state index is 11.6. The number of hydrogen-bond acceptors (Lipinski definition) is 2. The van der Waals surface area contributed by atoms with Crippen molar-refractivity contribution in [3.63, 3.8) is 0 Å². The molecular weight excluding hydrogens is 180 g/mol. The molecule has 0 aliphatic carbocycles. The van der Waals surface area contributed by atoms with Gasteiger partial charge in [-0.3, -0.25) is 4.79 Å². The first kappa shape index (κ1) is 10.3. The number of hydrogen-bond donors (Lipinski definition) is 1. The Balaban J connectivity index is 2.99. The Morgan fingerprint density at radius 1 is 1.38 bits per heavy atom. The molecule has 70 valence electrons. The third-order valence-electron chi connectivity index (χ3n) is 2.03. The predicted molar refractivity (Wildman–Crippen MR) is 58.7 cm³/mol. The highest BCUT2D eigenvalue weighted by molar-refractivity contribution is 7.80. The summed E-state index contributed by atoms with van der Waals surface area (Å²) in [6.07, 6.45) is 0.521. The summed E-state index contributed by atoms with van der Waals surface area (Å²) in [5.74, 6) is 0.808. The normalized spacial score (nSPS) is 10.1. The molecule has 2 heteroatoms. The molecule has 0 N–H and O–H groups in total. The van der Waals surface area contributed by atoms with Crippen LogP contribution in [0.15, 0.2) is 18.2 Å². The van der Waals surface area contributed by atoms with Gasteiger partial charge in [-0.25, -0.2) is 0 Å². The standard InChI is InChI=1S/C11H14OS/c1-8-3-4-9(2)10(7-8)11(12)5-6-13/h3-4,7,13H,5-6H2,1-2H3. The van der Waals surface area contributed by atoms with Crippen molar-refractivity contribution in [2.24, 2.45) is 0 Å². The lowest BCUT2D eigenvalue weighted by Gasteiger charge is -2.04. The number of aryl methyl sites for hydroxylation is 2. The Kier molecular flexibility index (Phi) is 3.55. The maximum Gasteiger partial charge on any atom is 0.163 e. The Morgan fingerprint density at radius 3 is 2.69 bits per heavy atom.